The van der Waals surface area contributed by atoms with Crippen molar-refractivity contribution in [2.24, 2.45) is 5.92 Å². The molecular weight excluding hydrogens is 378 g/mol. The fourth-order valence-electron chi connectivity index (χ4n) is 3.33. The van der Waals surface area contributed by atoms with Gasteiger partial charge in [-0.25, -0.2) is 0 Å². The molecule has 0 aromatic heterocycles. The monoisotopic (exact) mass is 407 g/mol. The van der Waals surface area contributed by atoms with Crippen molar-refractivity contribution in [1.82, 2.24) is 4.90 Å². The lowest BCUT2D eigenvalue weighted by atomic mass is 9.98. The molecule has 158 valence electrons. The van der Waals surface area contributed by atoms with Crippen molar-refractivity contribution in [2.75, 3.05) is 36.9 Å². The summed E-state index contributed by atoms with van der Waals surface area (Å²) in [5, 5.41) is 5.93. The van der Waals surface area contributed by atoms with Gasteiger partial charge in [0.25, 0.3) is 5.91 Å². The lowest BCUT2D eigenvalue weighted by Crippen LogP contribution is -2.37. The van der Waals surface area contributed by atoms with Crippen molar-refractivity contribution in [1.29, 1.82) is 0 Å². The molecule has 1 aliphatic rings. The van der Waals surface area contributed by atoms with E-state index in [9.17, 15) is 9.59 Å². The predicted octanol–water partition coefficient (Wildman–Crippen LogP) is 4.17. The van der Waals surface area contributed by atoms with Crippen molar-refractivity contribution >= 4 is 23.2 Å². The molecule has 0 unspecified atom stereocenters. The summed E-state index contributed by atoms with van der Waals surface area (Å²) < 4.78 is 5.43. The summed E-state index contributed by atoms with van der Waals surface area (Å²) in [6.07, 6.45) is 3.77. The lowest BCUT2D eigenvalue weighted by Gasteiger charge is -2.30. The number of ether oxygens (including phenoxy) is 1. The molecule has 0 saturated carbocycles. The third kappa shape index (κ3) is 6.11. The molecule has 0 aliphatic carbocycles. The molecule has 3 rings (SSSR count). The van der Waals surface area contributed by atoms with Crippen LogP contribution in [-0.4, -0.2) is 43.0 Å². The number of benzene rings is 2. The number of piperidine rings is 1. The Labute approximate surface area is 177 Å². The van der Waals surface area contributed by atoms with Gasteiger partial charge in [-0.2, -0.15) is 0 Å². The predicted molar refractivity (Wildman–Crippen MR) is 120 cm³/mol. The number of hydrogen-bond acceptors (Lipinski definition) is 4. The van der Waals surface area contributed by atoms with E-state index in [0.717, 1.165) is 37.4 Å². The molecule has 1 heterocycles. The van der Waals surface area contributed by atoms with Crippen LogP contribution >= 0.6 is 0 Å². The molecule has 2 aromatic rings. The molecule has 6 nitrogen and oxygen atoms in total. The van der Waals surface area contributed by atoms with E-state index in [1.807, 2.05) is 23.1 Å². The second kappa shape index (κ2) is 10.5. The largest absolute Gasteiger partial charge is 0.490 e. The molecule has 0 spiro atoms. The molecule has 6 heteroatoms. The number of nitrogens with zero attached hydrogens (tertiary/aromatic N) is 1. The molecule has 30 heavy (non-hydrogen) atoms. The van der Waals surface area contributed by atoms with Gasteiger partial charge in [-0.1, -0.05) is 25.6 Å². The highest BCUT2D eigenvalue weighted by atomic mass is 16.5. The molecule has 0 radical (unpaired) electrons. The zero-order chi connectivity index (χ0) is 21.3. The summed E-state index contributed by atoms with van der Waals surface area (Å²) in [5.74, 6) is 1.28. The van der Waals surface area contributed by atoms with E-state index in [1.54, 1.807) is 36.4 Å². The van der Waals surface area contributed by atoms with Gasteiger partial charge in [-0.3, -0.25) is 9.59 Å². The van der Waals surface area contributed by atoms with Crippen molar-refractivity contribution in [3.05, 3.63) is 66.7 Å². The Morgan fingerprint density at radius 3 is 2.57 bits per heavy atom. The van der Waals surface area contributed by atoms with Crippen LogP contribution < -0.4 is 15.4 Å². The Morgan fingerprint density at radius 2 is 1.87 bits per heavy atom. The first kappa shape index (κ1) is 21.4. The van der Waals surface area contributed by atoms with E-state index >= 15 is 0 Å². The minimum absolute atomic E-state index is 0.0498. The average molecular weight is 408 g/mol. The molecule has 2 aromatic carbocycles. The number of nitrogens with one attached hydrogen (secondary N) is 2. The zero-order valence-corrected chi connectivity index (χ0v) is 17.4. The van der Waals surface area contributed by atoms with Gasteiger partial charge < -0.3 is 20.3 Å². The average Bonchev–Trinajstić information content (AvgIpc) is 2.77. The van der Waals surface area contributed by atoms with Crippen LogP contribution in [0.25, 0.3) is 0 Å². The summed E-state index contributed by atoms with van der Waals surface area (Å²) >= 11 is 0. The van der Waals surface area contributed by atoms with Crippen molar-refractivity contribution in [3.63, 3.8) is 0 Å². The first-order chi connectivity index (χ1) is 14.5. The van der Waals surface area contributed by atoms with Gasteiger partial charge in [-0.05, 0) is 61.2 Å². The second-order valence-corrected chi connectivity index (χ2v) is 7.58. The molecule has 1 fully saturated rings. The highest BCUT2D eigenvalue weighted by molar-refractivity contribution is 5.96. The quantitative estimate of drug-likeness (QED) is 0.644. The SMILES string of the molecule is C=CCOc1ccc(NC(=O)CNc2cccc(C(=O)N3CCC(C)CC3)c2)cc1. The lowest BCUT2D eigenvalue weighted by molar-refractivity contribution is -0.114. The summed E-state index contributed by atoms with van der Waals surface area (Å²) in [7, 11) is 0. The third-order valence-corrected chi connectivity index (χ3v) is 5.14. The van der Waals surface area contributed by atoms with E-state index in [-0.39, 0.29) is 18.4 Å². The van der Waals surface area contributed by atoms with Gasteiger partial charge >= 0.3 is 0 Å². The highest BCUT2D eigenvalue weighted by Gasteiger charge is 2.21. The van der Waals surface area contributed by atoms with E-state index in [4.69, 9.17) is 4.74 Å². The second-order valence-electron chi connectivity index (χ2n) is 7.58. The Morgan fingerprint density at radius 1 is 1.13 bits per heavy atom. The summed E-state index contributed by atoms with van der Waals surface area (Å²) in [6, 6.07) is 14.5. The number of carbonyl (C=O) groups excluding carboxylic acids is 2. The van der Waals surface area contributed by atoms with Crippen LogP contribution in [0.5, 0.6) is 5.75 Å². The van der Waals surface area contributed by atoms with Gasteiger partial charge in [0.05, 0.1) is 6.54 Å². The Hall–Kier alpha value is -3.28. The number of anilines is 2. The van der Waals surface area contributed by atoms with Gasteiger partial charge in [0, 0.05) is 30.0 Å². The van der Waals surface area contributed by atoms with Crippen molar-refractivity contribution < 1.29 is 14.3 Å². The molecule has 0 bridgehead atoms. The van der Waals surface area contributed by atoms with Crippen LogP contribution in [0.4, 0.5) is 11.4 Å². The van der Waals surface area contributed by atoms with Crippen molar-refractivity contribution in [2.45, 2.75) is 19.8 Å². The molecule has 2 amide bonds. The van der Waals surface area contributed by atoms with Gasteiger partial charge in [0.1, 0.15) is 12.4 Å². The van der Waals surface area contributed by atoms with Crippen LogP contribution in [0.1, 0.15) is 30.1 Å². The third-order valence-electron chi connectivity index (χ3n) is 5.14. The Bertz CT molecular complexity index is 872. The molecule has 2 N–H and O–H groups in total. The first-order valence-corrected chi connectivity index (χ1v) is 10.3. The maximum absolute atomic E-state index is 12.7. The van der Waals surface area contributed by atoms with Crippen LogP contribution in [-0.2, 0) is 4.79 Å². The van der Waals surface area contributed by atoms with Crippen molar-refractivity contribution in [3.8, 4) is 5.75 Å². The van der Waals surface area contributed by atoms with Crippen LogP contribution in [0, 0.1) is 5.92 Å². The summed E-state index contributed by atoms with van der Waals surface area (Å²) in [6.45, 7) is 7.98. The molecular formula is C24H29N3O3. The first-order valence-electron chi connectivity index (χ1n) is 10.3. The molecule has 1 aliphatic heterocycles. The molecule has 0 atom stereocenters. The Kier molecular flexibility index (Phi) is 7.49. The Balaban J connectivity index is 1.50. The topological polar surface area (TPSA) is 70.7 Å². The standard InChI is InChI=1S/C24H29N3O3/c1-3-15-30-22-9-7-20(8-10-22)26-23(28)17-25-21-6-4-5-19(16-21)24(29)27-13-11-18(2)12-14-27/h3-10,16,18,25H,1,11-15,17H2,2H3,(H,26,28). The van der Waals surface area contributed by atoms with Gasteiger partial charge in [0.15, 0.2) is 0 Å². The van der Waals surface area contributed by atoms with E-state index in [2.05, 4.69) is 24.1 Å². The number of carbonyl (C=O) groups is 2. The fourth-order valence-corrected chi connectivity index (χ4v) is 3.33. The van der Waals surface area contributed by atoms with Crippen LogP contribution in [0.15, 0.2) is 61.2 Å². The van der Waals surface area contributed by atoms with Gasteiger partial charge in [0.2, 0.25) is 5.91 Å². The van der Waals surface area contributed by atoms with E-state index in [0.29, 0.717) is 23.8 Å². The maximum atomic E-state index is 12.7. The smallest absolute Gasteiger partial charge is 0.253 e. The summed E-state index contributed by atoms with van der Waals surface area (Å²) in [5.41, 5.74) is 2.08. The maximum Gasteiger partial charge on any atom is 0.253 e. The number of hydrogen-bond donors (Lipinski definition) is 2. The van der Waals surface area contributed by atoms with Crippen LogP contribution in [0.3, 0.4) is 0 Å². The minimum Gasteiger partial charge on any atom is -0.490 e. The van der Waals surface area contributed by atoms with Gasteiger partial charge in [-0.15, -0.1) is 0 Å². The number of amides is 2. The number of rotatable bonds is 8. The highest BCUT2D eigenvalue weighted by Crippen LogP contribution is 2.20. The van der Waals surface area contributed by atoms with Crippen LogP contribution in [0.2, 0.25) is 0 Å². The zero-order valence-electron chi connectivity index (χ0n) is 17.4. The normalized spacial score (nSPS) is 14.1. The van der Waals surface area contributed by atoms with E-state index < -0.39 is 0 Å². The number of likely N-dealkylation sites (tertiary alicyclic amines) is 1. The van der Waals surface area contributed by atoms with E-state index in [1.165, 1.54) is 0 Å². The minimum atomic E-state index is -0.170. The fraction of sp³-hybridized carbons (Fsp3) is 0.333. The molecule has 1 saturated heterocycles. The summed E-state index contributed by atoms with van der Waals surface area (Å²) in [4.78, 5) is 26.9.